The number of benzene rings is 2. The Kier molecular flexibility index (Phi) is 4.27. The Hall–Kier alpha value is -3.28. The Morgan fingerprint density at radius 1 is 1.07 bits per heavy atom. The van der Waals surface area contributed by atoms with Gasteiger partial charge in [-0.2, -0.15) is 0 Å². The molecule has 0 radical (unpaired) electrons. The minimum atomic E-state index is -0.308. The Bertz CT molecular complexity index is 1080. The number of carbonyl (C=O) groups is 1. The molecule has 0 spiro atoms. The standard InChI is InChI=1S/C23H24N4O2/c1-15-21(16-9-11-26(12-10-16)17-5-3-2-4-6-17)27(23(29)22(15)28)18-7-8-19-20(13-18)25-14-24-19/h2-8,13-14,16,21,28H,9-12H2,1H3,(H,24,25). The predicted octanol–water partition coefficient (Wildman–Crippen LogP) is 4.03. The van der Waals surface area contributed by atoms with E-state index in [9.17, 15) is 9.90 Å². The number of hydrogen-bond donors (Lipinski definition) is 2. The lowest BCUT2D eigenvalue weighted by Crippen LogP contribution is -2.45. The number of carbonyl (C=O) groups excluding carboxylic acids is 1. The van der Waals surface area contributed by atoms with Gasteiger partial charge in [-0.1, -0.05) is 18.2 Å². The molecule has 0 aliphatic carbocycles. The monoisotopic (exact) mass is 388 g/mol. The zero-order chi connectivity index (χ0) is 20.0. The number of aliphatic hydroxyl groups is 1. The van der Waals surface area contributed by atoms with Crippen LogP contribution in [-0.2, 0) is 4.79 Å². The highest BCUT2D eigenvalue weighted by Gasteiger charge is 2.43. The molecular formula is C23H24N4O2. The van der Waals surface area contributed by atoms with Gasteiger partial charge in [0.1, 0.15) is 0 Å². The van der Waals surface area contributed by atoms with E-state index >= 15 is 0 Å². The number of anilines is 2. The number of hydrogen-bond acceptors (Lipinski definition) is 4. The molecule has 3 aromatic rings. The lowest BCUT2D eigenvalue weighted by Gasteiger charge is -2.39. The summed E-state index contributed by atoms with van der Waals surface area (Å²) in [6, 6.07) is 16.1. The van der Waals surface area contributed by atoms with Crippen molar-refractivity contribution in [3.8, 4) is 0 Å². The topological polar surface area (TPSA) is 72.5 Å². The number of nitrogens with zero attached hydrogens (tertiary/aromatic N) is 3. The lowest BCUT2D eigenvalue weighted by atomic mass is 9.85. The molecule has 148 valence electrons. The maximum absolute atomic E-state index is 12.9. The van der Waals surface area contributed by atoms with Crippen molar-refractivity contribution in [1.82, 2.24) is 9.97 Å². The number of piperidine rings is 1. The molecule has 2 aliphatic rings. The van der Waals surface area contributed by atoms with Crippen LogP contribution in [0.15, 0.2) is 66.2 Å². The van der Waals surface area contributed by atoms with Gasteiger partial charge in [0.25, 0.3) is 5.91 Å². The van der Waals surface area contributed by atoms with Crippen molar-refractivity contribution in [3.05, 3.63) is 66.2 Å². The normalized spacial score (nSPS) is 20.9. The average Bonchev–Trinajstić information content (AvgIpc) is 3.32. The third kappa shape index (κ3) is 2.95. The van der Waals surface area contributed by atoms with Crippen LogP contribution in [0.4, 0.5) is 11.4 Å². The van der Waals surface area contributed by atoms with Crippen molar-refractivity contribution in [1.29, 1.82) is 0 Å². The lowest BCUT2D eigenvalue weighted by molar-refractivity contribution is -0.117. The smallest absolute Gasteiger partial charge is 0.293 e. The molecule has 0 saturated carbocycles. The van der Waals surface area contributed by atoms with Crippen LogP contribution in [0.3, 0.4) is 0 Å². The zero-order valence-electron chi connectivity index (χ0n) is 16.4. The number of imidazole rings is 1. The van der Waals surface area contributed by atoms with Crippen LogP contribution in [0.1, 0.15) is 19.8 Å². The van der Waals surface area contributed by atoms with Crippen LogP contribution in [0.5, 0.6) is 0 Å². The summed E-state index contributed by atoms with van der Waals surface area (Å²) in [6.07, 6.45) is 3.60. The molecule has 1 saturated heterocycles. The van der Waals surface area contributed by atoms with Gasteiger partial charge < -0.3 is 15.0 Å². The van der Waals surface area contributed by atoms with E-state index in [1.807, 2.05) is 31.2 Å². The molecule has 1 amide bonds. The summed E-state index contributed by atoms with van der Waals surface area (Å²) in [5, 5.41) is 10.5. The number of nitrogens with one attached hydrogen (secondary N) is 1. The van der Waals surface area contributed by atoms with Crippen molar-refractivity contribution in [2.24, 2.45) is 5.92 Å². The van der Waals surface area contributed by atoms with E-state index in [-0.39, 0.29) is 17.7 Å². The third-order valence-electron chi connectivity index (χ3n) is 6.31. The molecule has 2 aliphatic heterocycles. The van der Waals surface area contributed by atoms with Crippen molar-refractivity contribution >= 4 is 28.3 Å². The van der Waals surface area contributed by atoms with Gasteiger partial charge in [0.2, 0.25) is 0 Å². The fourth-order valence-corrected chi connectivity index (χ4v) is 4.77. The maximum atomic E-state index is 12.9. The van der Waals surface area contributed by atoms with Crippen LogP contribution < -0.4 is 9.80 Å². The maximum Gasteiger partial charge on any atom is 0.293 e. The summed E-state index contributed by atoms with van der Waals surface area (Å²) in [7, 11) is 0. The molecular weight excluding hydrogens is 364 g/mol. The summed E-state index contributed by atoms with van der Waals surface area (Å²) in [4.78, 5) is 24.4. The van der Waals surface area contributed by atoms with Crippen molar-refractivity contribution in [2.45, 2.75) is 25.8 Å². The van der Waals surface area contributed by atoms with Crippen LogP contribution >= 0.6 is 0 Å². The summed E-state index contributed by atoms with van der Waals surface area (Å²) in [6.45, 7) is 3.78. The van der Waals surface area contributed by atoms with Crippen LogP contribution in [0.25, 0.3) is 11.0 Å². The summed E-state index contributed by atoms with van der Waals surface area (Å²) >= 11 is 0. The number of H-pyrrole nitrogens is 1. The number of aromatic amines is 1. The quantitative estimate of drug-likeness (QED) is 0.711. The predicted molar refractivity (Wildman–Crippen MR) is 114 cm³/mol. The van der Waals surface area contributed by atoms with E-state index in [0.29, 0.717) is 5.92 Å². The molecule has 1 aromatic heterocycles. The fourth-order valence-electron chi connectivity index (χ4n) is 4.77. The fraction of sp³-hybridized carbons (Fsp3) is 0.304. The Morgan fingerprint density at radius 3 is 2.59 bits per heavy atom. The van der Waals surface area contributed by atoms with Gasteiger partial charge in [0.15, 0.2) is 5.76 Å². The van der Waals surface area contributed by atoms with Crippen LogP contribution in [0.2, 0.25) is 0 Å². The van der Waals surface area contributed by atoms with E-state index in [0.717, 1.165) is 48.2 Å². The van der Waals surface area contributed by atoms with E-state index < -0.39 is 0 Å². The Balaban J connectivity index is 1.42. The number of rotatable bonds is 3. The van der Waals surface area contributed by atoms with E-state index in [1.165, 1.54) is 5.69 Å². The molecule has 5 rings (SSSR count). The van der Waals surface area contributed by atoms with Crippen LogP contribution in [-0.4, -0.2) is 40.1 Å². The number of aromatic nitrogens is 2. The molecule has 6 nitrogen and oxygen atoms in total. The van der Waals surface area contributed by atoms with Crippen molar-refractivity contribution in [2.75, 3.05) is 22.9 Å². The summed E-state index contributed by atoms with van der Waals surface area (Å²) in [5.74, 6) is -0.108. The Morgan fingerprint density at radius 2 is 1.83 bits per heavy atom. The number of aliphatic hydroxyl groups excluding tert-OH is 1. The highest BCUT2D eigenvalue weighted by molar-refractivity contribution is 6.09. The van der Waals surface area contributed by atoms with Gasteiger partial charge in [-0.3, -0.25) is 9.69 Å². The van der Waals surface area contributed by atoms with E-state index in [2.05, 4.69) is 39.1 Å². The van der Waals surface area contributed by atoms with Gasteiger partial charge in [0, 0.05) is 24.5 Å². The molecule has 1 atom stereocenters. The second-order valence-electron chi connectivity index (χ2n) is 7.92. The number of amides is 1. The largest absolute Gasteiger partial charge is 0.503 e. The first-order chi connectivity index (χ1) is 14.1. The molecule has 2 N–H and O–H groups in total. The third-order valence-corrected chi connectivity index (χ3v) is 6.31. The number of fused-ring (bicyclic) bond motifs is 1. The van der Waals surface area contributed by atoms with Gasteiger partial charge in [-0.25, -0.2) is 4.98 Å². The van der Waals surface area contributed by atoms with Gasteiger partial charge in [-0.05, 0) is 61.6 Å². The summed E-state index contributed by atoms with van der Waals surface area (Å²) < 4.78 is 0. The zero-order valence-corrected chi connectivity index (χ0v) is 16.4. The molecule has 6 heteroatoms. The molecule has 0 bridgehead atoms. The van der Waals surface area contributed by atoms with Gasteiger partial charge >= 0.3 is 0 Å². The minimum Gasteiger partial charge on any atom is -0.503 e. The number of para-hydroxylation sites is 1. The average molecular weight is 388 g/mol. The van der Waals surface area contributed by atoms with Crippen molar-refractivity contribution in [3.63, 3.8) is 0 Å². The SMILES string of the molecule is CC1=C(O)C(=O)N(c2ccc3nc[nH]c3c2)C1C1CCN(c2ccccc2)CC1. The van der Waals surface area contributed by atoms with Gasteiger partial charge in [-0.15, -0.1) is 0 Å². The molecule has 1 unspecified atom stereocenters. The first-order valence-corrected chi connectivity index (χ1v) is 10.1. The second kappa shape index (κ2) is 6.95. The summed E-state index contributed by atoms with van der Waals surface area (Å²) in [5.41, 5.74) is 4.56. The van der Waals surface area contributed by atoms with Crippen LogP contribution in [0, 0.1) is 5.92 Å². The molecule has 29 heavy (non-hydrogen) atoms. The molecule has 1 fully saturated rings. The first kappa shape index (κ1) is 17.8. The second-order valence-corrected chi connectivity index (χ2v) is 7.92. The van der Waals surface area contributed by atoms with Gasteiger partial charge in [0.05, 0.1) is 23.4 Å². The van der Waals surface area contributed by atoms with E-state index in [1.54, 1.807) is 11.2 Å². The van der Waals surface area contributed by atoms with Crippen molar-refractivity contribution < 1.29 is 9.90 Å². The first-order valence-electron chi connectivity index (χ1n) is 10.1. The Labute approximate surface area is 169 Å². The molecule has 2 aromatic carbocycles. The highest BCUT2D eigenvalue weighted by atomic mass is 16.3. The highest BCUT2D eigenvalue weighted by Crippen LogP contribution is 2.39. The molecule has 3 heterocycles. The minimum absolute atomic E-state index is 0.106. The van der Waals surface area contributed by atoms with E-state index in [4.69, 9.17) is 0 Å².